The molecule has 168 valence electrons. The molecular formula is C23H27BrCl2N2O3. The first kappa shape index (κ1) is 25.5. The SMILES string of the molecule is CCNC(=O)[C@@H](CC)N(Cc1ccc(Cl)c(Cl)c1)C(=O)COc1ccc(CC)cc1Br. The molecule has 8 heteroatoms. The molecule has 1 atom stereocenters. The van der Waals surface area contributed by atoms with Crippen LogP contribution in [0, 0.1) is 0 Å². The highest BCUT2D eigenvalue weighted by Gasteiger charge is 2.29. The van der Waals surface area contributed by atoms with Crippen molar-refractivity contribution in [3.8, 4) is 5.75 Å². The number of carbonyl (C=O) groups is 2. The molecule has 2 amide bonds. The molecule has 0 saturated carbocycles. The first-order valence-corrected chi connectivity index (χ1v) is 11.8. The van der Waals surface area contributed by atoms with Gasteiger partial charge in [0.15, 0.2) is 6.61 Å². The summed E-state index contributed by atoms with van der Waals surface area (Å²) in [4.78, 5) is 27.3. The first-order chi connectivity index (χ1) is 14.8. The Labute approximate surface area is 202 Å². The van der Waals surface area contributed by atoms with Gasteiger partial charge in [-0.2, -0.15) is 0 Å². The number of hydrogen-bond acceptors (Lipinski definition) is 3. The van der Waals surface area contributed by atoms with Crippen LogP contribution in [0.3, 0.4) is 0 Å². The maximum Gasteiger partial charge on any atom is 0.261 e. The van der Waals surface area contributed by atoms with Gasteiger partial charge in [-0.15, -0.1) is 0 Å². The van der Waals surface area contributed by atoms with Gasteiger partial charge in [-0.3, -0.25) is 9.59 Å². The minimum Gasteiger partial charge on any atom is -0.483 e. The third kappa shape index (κ3) is 7.13. The summed E-state index contributed by atoms with van der Waals surface area (Å²) in [7, 11) is 0. The smallest absolute Gasteiger partial charge is 0.261 e. The highest BCUT2D eigenvalue weighted by Crippen LogP contribution is 2.27. The molecule has 0 fully saturated rings. The van der Waals surface area contributed by atoms with E-state index in [0.29, 0.717) is 28.8 Å². The topological polar surface area (TPSA) is 58.6 Å². The molecule has 2 rings (SSSR count). The molecule has 0 aromatic heterocycles. The summed E-state index contributed by atoms with van der Waals surface area (Å²) in [6, 6.07) is 10.3. The van der Waals surface area contributed by atoms with E-state index in [4.69, 9.17) is 27.9 Å². The number of carbonyl (C=O) groups excluding carboxylic acids is 2. The first-order valence-electron chi connectivity index (χ1n) is 10.2. The number of hydrogen-bond donors (Lipinski definition) is 1. The second-order valence-electron chi connectivity index (χ2n) is 7.00. The average Bonchev–Trinajstić information content (AvgIpc) is 2.75. The molecule has 0 heterocycles. The second kappa shape index (κ2) is 12.3. The van der Waals surface area contributed by atoms with E-state index in [1.54, 1.807) is 18.2 Å². The Balaban J connectivity index is 2.24. The summed E-state index contributed by atoms with van der Waals surface area (Å²) >= 11 is 15.6. The summed E-state index contributed by atoms with van der Waals surface area (Å²) in [5, 5.41) is 3.64. The average molecular weight is 530 g/mol. The van der Waals surface area contributed by atoms with Gasteiger partial charge in [0.25, 0.3) is 5.91 Å². The van der Waals surface area contributed by atoms with Crippen LogP contribution in [0.2, 0.25) is 10.0 Å². The monoisotopic (exact) mass is 528 g/mol. The van der Waals surface area contributed by atoms with Gasteiger partial charge in [-0.05, 0) is 71.1 Å². The van der Waals surface area contributed by atoms with Crippen molar-refractivity contribution in [2.75, 3.05) is 13.2 Å². The molecule has 0 aliphatic heterocycles. The van der Waals surface area contributed by atoms with Crippen molar-refractivity contribution in [1.29, 1.82) is 0 Å². The summed E-state index contributed by atoms with van der Waals surface area (Å²) in [6.45, 7) is 6.29. The zero-order chi connectivity index (χ0) is 23.0. The van der Waals surface area contributed by atoms with Crippen molar-refractivity contribution in [2.45, 2.75) is 46.2 Å². The van der Waals surface area contributed by atoms with Crippen LogP contribution in [0.25, 0.3) is 0 Å². The number of amides is 2. The molecule has 0 saturated heterocycles. The van der Waals surface area contributed by atoms with Gasteiger partial charge in [0.1, 0.15) is 11.8 Å². The quantitative estimate of drug-likeness (QED) is 0.433. The molecule has 5 nitrogen and oxygen atoms in total. The molecule has 0 unspecified atom stereocenters. The van der Waals surface area contributed by atoms with Gasteiger partial charge in [0, 0.05) is 13.1 Å². The Morgan fingerprint density at radius 3 is 2.35 bits per heavy atom. The van der Waals surface area contributed by atoms with Gasteiger partial charge in [-0.25, -0.2) is 0 Å². The molecule has 0 aliphatic carbocycles. The number of likely N-dealkylation sites (N-methyl/N-ethyl adjacent to an activating group) is 1. The Bertz CT molecular complexity index is 924. The van der Waals surface area contributed by atoms with E-state index in [0.717, 1.165) is 22.0 Å². The lowest BCUT2D eigenvalue weighted by molar-refractivity contribution is -0.142. The molecule has 0 aliphatic rings. The fraction of sp³-hybridized carbons (Fsp3) is 0.391. The van der Waals surface area contributed by atoms with E-state index in [1.165, 1.54) is 4.90 Å². The minimum absolute atomic E-state index is 0.193. The van der Waals surface area contributed by atoms with Crippen LogP contribution in [0.5, 0.6) is 5.75 Å². The van der Waals surface area contributed by atoms with Crippen LogP contribution < -0.4 is 10.1 Å². The third-order valence-electron chi connectivity index (χ3n) is 4.83. The van der Waals surface area contributed by atoms with Gasteiger partial charge >= 0.3 is 0 Å². The van der Waals surface area contributed by atoms with E-state index in [1.807, 2.05) is 32.0 Å². The summed E-state index contributed by atoms with van der Waals surface area (Å²) in [5.41, 5.74) is 1.94. The number of aryl methyl sites for hydroxylation is 1. The Kier molecular flexibility index (Phi) is 10.1. The van der Waals surface area contributed by atoms with E-state index in [9.17, 15) is 9.59 Å². The number of benzene rings is 2. The lowest BCUT2D eigenvalue weighted by atomic mass is 10.1. The minimum atomic E-state index is -0.628. The highest BCUT2D eigenvalue weighted by molar-refractivity contribution is 9.10. The lowest BCUT2D eigenvalue weighted by Crippen LogP contribution is -2.50. The van der Waals surface area contributed by atoms with E-state index < -0.39 is 6.04 Å². The Morgan fingerprint density at radius 1 is 1.06 bits per heavy atom. The van der Waals surface area contributed by atoms with Crippen molar-refractivity contribution in [1.82, 2.24) is 10.2 Å². The summed E-state index contributed by atoms with van der Waals surface area (Å²) in [5.74, 6) is 0.0774. The molecule has 2 aromatic carbocycles. The molecule has 31 heavy (non-hydrogen) atoms. The number of halogens is 3. The molecule has 0 bridgehead atoms. The third-order valence-corrected chi connectivity index (χ3v) is 6.19. The van der Waals surface area contributed by atoms with E-state index in [-0.39, 0.29) is 25.0 Å². The van der Waals surface area contributed by atoms with Crippen molar-refractivity contribution >= 4 is 50.9 Å². The predicted molar refractivity (Wildman–Crippen MR) is 129 cm³/mol. The van der Waals surface area contributed by atoms with Crippen molar-refractivity contribution in [3.63, 3.8) is 0 Å². The van der Waals surface area contributed by atoms with E-state index in [2.05, 4.69) is 28.2 Å². The largest absolute Gasteiger partial charge is 0.483 e. The number of ether oxygens (including phenoxy) is 1. The predicted octanol–water partition coefficient (Wildman–Crippen LogP) is 5.64. The molecule has 0 radical (unpaired) electrons. The molecular weight excluding hydrogens is 503 g/mol. The number of nitrogens with one attached hydrogen (secondary N) is 1. The van der Waals surface area contributed by atoms with Gasteiger partial charge in [0.05, 0.1) is 14.5 Å². The van der Waals surface area contributed by atoms with Crippen molar-refractivity contribution < 1.29 is 14.3 Å². The van der Waals surface area contributed by atoms with E-state index >= 15 is 0 Å². The second-order valence-corrected chi connectivity index (χ2v) is 8.66. The maximum absolute atomic E-state index is 13.2. The zero-order valence-electron chi connectivity index (χ0n) is 17.9. The fourth-order valence-corrected chi connectivity index (χ4v) is 4.01. The van der Waals surface area contributed by atoms with Crippen LogP contribution in [0.4, 0.5) is 0 Å². The van der Waals surface area contributed by atoms with Gasteiger partial charge < -0.3 is 15.0 Å². The molecule has 0 spiro atoms. The van der Waals surface area contributed by atoms with Crippen molar-refractivity contribution in [3.05, 3.63) is 62.0 Å². The van der Waals surface area contributed by atoms with Crippen LogP contribution >= 0.6 is 39.1 Å². The Morgan fingerprint density at radius 2 is 1.77 bits per heavy atom. The number of nitrogens with zero attached hydrogens (tertiary/aromatic N) is 1. The Hall–Kier alpha value is -1.76. The number of rotatable bonds is 10. The normalized spacial score (nSPS) is 11.7. The standard InChI is InChI=1S/C23H27BrCl2N2O3/c1-4-15-8-10-21(17(24)11-15)31-14-22(29)28(20(5-2)23(30)27-6-3)13-16-7-9-18(25)19(26)12-16/h7-12,20H,4-6,13-14H2,1-3H3,(H,27,30)/t20-/m1/s1. The fourth-order valence-electron chi connectivity index (χ4n) is 3.15. The van der Waals surface area contributed by atoms with Gasteiger partial charge in [0.2, 0.25) is 5.91 Å². The molecule has 1 N–H and O–H groups in total. The highest BCUT2D eigenvalue weighted by atomic mass is 79.9. The van der Waals surface area contributed by atoms with Crippen LogP contribution in [-0.2, 0) is 22.6 Å². The summed E-state index contributed by atoms with van der Waals surface area (Å²) < 4.78 is 6.56. The van der Waals surface area contributed by atoms with Crippen LogP contribution in [-0.4, -0.2) is 35.9 Å². The molecule has 2 aromatic rings. The van der Waals surface area contributed by atoms with Gasteiger partial charge in [-0.1, -0.05) is 49.2 Å². The maximum atomic E-state index is 13.2. The van der Waals surface area contributed by atoms with Crippen LogP contribution in [0.15, 0.2) is 40.9 Å². The van der Waals surface area contributed by atoms with Crippen molar-refractivity contribution in [2.24, 2.45) is 0 Å². The summed E-state index contributed by atoms with van der Waals surface area (Å²) in [6.07, 6.45) is 1.37. The van der Waals surface area contributed by atoms with Crippen LogP contribution in [0.1, 0.15) is 38.3 Å². The lowest BCUT2D eigenvalue weighted by Gasteiger charge is -2.30. The zero-order valence-corrected chi connectivity index (χ0v) is 21.0.